The fraction of sp³-hybridized carbons (Fsp3) is 0.917. The molecule has 0 aromatic rings. The Hall–Kier alpha value is -0.860. The summed E-state index contributed by atoms with van der Waals surface area (Å²) in [5, 5.41) is 0. The molecule has 0 aromatic heterocycles. The lowest BCUT2D eigenvalue weighted by Crippen LogP contribution is -2.37. The fourth-order valence-electron chi connectivity index (χ4n) is 2.61. The van der Waals surface area contributed by atoms with Gasteiger partial charge in [0.1, 0.15) is 0 Å². The second-order valence-corrected chi connectivity index (χ2v) is 5.18. The molecular formula is C12H18F3NO4. The van der Waals surface area contributed by atoms with E-state index in [-0.39, 0.29) is 12.3 Å². The largest absolute Gasteiger partial charge is 0.414 e. The van der Waals surface area contributed by atoms with E-state index >= 15 is 0 Å². The van der Waals surface area contributed by atoms with Crippen LogP contribution in [0.5, 0.6) is 0 Å². The minimum absolute atomic E-state index is 0.128. The van der Waals surface area contributed by atoms with Gasteiger partial charge in [0.05, 0.1) is 13.2 Å². The minimum Gasteiger partial charge on any atom is -0.348 e. The Morgan fingerprint density at radius 2 is 1.85 bits per heavy atom. The number of nitrogens with one attached hydrogen (secondary N) is 1. The molecule has 2 rings (SSSR count). The van der Waals surface area contributed by atoms with Gasteiger partial charge in [-0.25, -0.2) is 5.48 Å². The van der Waals surface area contributed by atoms with Crippen molar-refractivity contribution < 1.29 is 32.3 Å². The van der Waals surface area contributed by atoms with E-state index in [1.54, 1.807) is 0 Å². The molecular weight excluding hydrogens is 279 g/mol. The van der Waals surface area contributed by atoms with Gasteiger partial charge in [0.15, 0.2) is 12.4 Å². The van der Waals surface area contributed by atoms with Gasteiger partial charge < -0.3 is 9.47 Å². The maximum absolute atomic E-state index is 11.8. The van der Waals surface area contributed by atoms with Crippen molar-refractivity contribution in [1.29, 1.82) is 0 Å². The molecule has 1 spiro atoms. The van der Waals surface area contributed by atoms with Gasteiger partial charge in [-0.2, -0.15) is 13.2 Å². The van der Waals surface area contributed by atoms with Crippen molar-refractivity contribution in [2.24, 2.45) is 5.92 Å². The fourth-order valence-corrected chi connectivity index (χ4v) is 2.61. The van der Waals surface area contributed by atoms with E-state index < -0.39 is 24.5 Å². The van der Waals surface area contributed by atoms with Gasteiger partial charge >= 0.3 is 6.18 Å². The highest BCUT2D eigenvalue weighted by Gasteiger charge is 2.40. The topological polar surface area (TPSA) is 56.8 Å². The Bertz CT molecular complexity index is 332. The summed E-state index contributed by atoms with van der Waals surface area (Å²) < 4.78 is 46.6. The smallest absolute Gasteiger partial charge is 0.348 e. The Labute approximate surface area is 114 Å². The molecule has 8 heteroatoms. The third kappa shape index (κ3) is 4.60. The summed E-state index contributed by atoms with van der Waals surface area (Å²) in [5.41, 5.74) is 1.83. The highest BCUT2D eigenvalue weighted by molar-refractivity contribution is 5.75. The van der Waals surface area contributed by atoms with Crippen LogP contribution in [0.2, 0.25) is 0 Å². The summed E-state index contributed by atoms with van der Waals surface area (Å²) in [6.45, 7) is -0.291. The van der Waals surface area contributed by atoms with Crippen LogP contribution in [0.15, 0.2) is 0 Å². The van der Waals surface area contributed by atoms with Gasteiger partial charge in [-0.05, 0) is 18.8 Å². The van der Waals surface area contributed by atoms with E-state index in [0.717, 1.165) is 12.8 Å². The number of carbonyl (C=O) groups excluding carboxylic acids is 1. The normalized spacial score (nSPS) is 23.1. The lowest BCUT2D eigenvalue weighted by atomic mass is 9.83. The second-order valence-electron chi connectivity index (χ2n) is 5.18. The number of hydrogen-bond donors (Lipinski definition) is 1. The Balaban J connectivity index is 1.63. The molecule has 1 saturated heterocycles. The Morgan fingerprint density at radius 1 is 1.25 bits per heavy atom. The zero-order valence-corrected chi connectivity index (χ0v) is 11.0. The number of hydroxylamine groups is 1. The van der Waals surface area contributed by atoms with Crippen LogP contribution in [0.25, 0.3) is 0 Å². The van der Waals surface area contributed by atoms with E-state index in [1.807, 2.05) is 5.48 Å². The number of alkyl halides is 3. The number of carbonyl (C=O) groups is 1. The van der Waals surface area contributed by atoms with Crippen LogP contribution in [0.3, 0.4) is 0 Å². The van der Waals surface area contributed by atoms with Crippen LogP contribution in [-0.4, -0.2) is 37.7 Å². The number of halogens is 3. The number of ether oxygens (including phenoxy) is 2. The van der Waals surface area contributed by atoms with Crippen molar-refractivity contribution in [3.05, 3.63) is 0 Å². The first kappa shape index (κ1) is 15.5. The first-order chi connectivity index (χ1) is 9.39. The van der Waals surface area contributed by atoms with Crippen LogP contribution in [0, 0.1) is 5.92 Å². The predicted octanol–water partition coefficient (Wildman–Crippen LogP) is 1.92. The van der Waals surface area contributed by atoms with Crippen LogP contribution >= 0.6 is 0 Å². The van der Waals surface area contributed by atoms with Crippen molar-refractivity contribution in [2.45, 2.75) is 44.1 Å². The van der Waals surface area contributed by atoms with Gasteiger partial charge in [-0.1, -0.05) is 0 Å². The molecule has 0 aromatic carbocycles. The van der Waals surface area contributed by atoms with E-state index in [1.165, 1.54) is 0 Å². The summed E-state index contributed by atoms with van der Waals surface area (Å²) in [5.74, 6) is -0.883. The van der Waals surface area contributed by atoms with Crippen molar-refractivity contribution in [3.63, 3.8) is 0 Å². The SMILES string of the molecule is O=C(CC1CCC2(CC1)OCCO2)NOCC(F)(F)F. The first-order valence-electron chi connectivity index (χ1n) is 6.64. The lowest BCUT2D eigenvalue weighted by Gasteiger charge is -2.35. The van der Waals surface area contributed by atoms with Crippen molar-refractivity contribution in [2.75, 3.05) is 19.8 Å². The highest BCUT2D eigenvalue weighted by atomic mass is 19.4. The maximum Gasteiger partial charge on any atom is 0.414 e. The summed E-state index contributed by atoms with van der Waals surface area (Å²) in [6.07, 6.45) is -1.34. The third-order valence-electron chi connectivity index (χ3n) is 3.58. The van der Waals surface area contributed by atoms with E-state index in [2.05, 4.69) is 4.84 Å². The summed E-state index contributed by atoms with van der Waals surface area (Å²) >= 11 is 0. The average molecular weight is 297 g/mol. The van der Waals surface area contributed by atoms with Gasteiger partial charge in [0, 0.05) is 19.3 Å². The molecule has 116 valence electrons. The molecule has 0 bridgehead atoms. The summed E-state index contributed by atoms with van der Waals surface area (Å²) in [6, 6.07) is 0. The van der Waals surface area contributed by atoms with Crippen LogP contribution in [-0.2, 0) is 19.1 Å². The number of rotatable bonds is 4. The Morgan fingerprint density at radius 3 is 2.40 bits per heavy atom. The summed E-state index contributed by atoms with van der Waals surface area (Å²) in [4.78, 5) is 15.6. The van der Waals surface area contributed by atoms with Gasteiger partial charge in [0.2, 0.25) is 5.91 Å². The van der Waals surface area contributed by atoms with E-state index in [4.69, 9.17) is 9.47 Å². The van der Waals surface area contributed by atoms with Crippen LogP contribution in [0.1, 0.15) is 32.1 Å². The molecule has 0 unspecified atom stereocenters. The van der Waals surface area contributed by atoms with Crippen LogP contribution < -0.4 is 5.48 Å². The molecule has 0 atom stereocenters. The van der Waals surface area contributed by atoms with Gasteiger partial charge in [-0.3, -0.25) is 9.63 Å². The molecule has 1 amide bonds. The molecule has 2 aliphatic rings. The molecule has 1 aliphatic heterocycles. The molecule has 20 heavy (non-hydrogen) atoms. The van der Waals surface area contributed by atoms with Gasteiger partial charge in [0.25, 0.3) is 0 Å². The van der Waals surface area contributed by atoms with Crippen molar-refractivity contribution in [3.8, 4) is 0 Å². The first-order valence-corrected chi connectivity index (χ1v) is 6.64. The summed E-state index contributed by atoms with van der Waals surface area (Å²) in [7, 11) is 0. The standard InChI is InChI=1S/C12H18F3NO4/c13-12(14,15)8-20-16-10(17)7-9-1-3-11(4-2-9)18-5-6-19-11/h9H,1-8H2,(H,16,17). The maximum atomic E-state index is 11.8. The number of hydrogen-bond acceptors (Lipinski definition) is 4. The average Bonchev–Trinajstić information content (AvgIpc) is 2.79. The van der Waals surface area contributed by atoms with Crippen molar-refractivity contribution >= 4 is 5.91 Å². The zero-order valence-electron chi connectivity index (χ0n) is 11.0. The van der Waals surface area contributed by atoms with Crippen molar-refractivity contribution in [1.82, 2.24) is 5.48 Å². The van der Waals surface area contributed by atoms with Gasteiger partial charge in [-0.15, -0.1) is 0 Å². The molecule has 1 N–H and O–H groups in total. The Kier molecular flexibility index (Phi) is 4.87. The predicted molar refractivity (Wildman–Crippen MR) is 61.4 cm³/mol. The molecule has 0 radical (unpaired) electrons. The van der Waals surface area contributed by atoms with E-state index in [9.17, 15) is 18.0 Å². The number of amides is 1. The molecule has 2 fully saturated rings. The molecule has 1 saturated carbocycles. The molecule has 1 aliphatic carbocycles. The zero-order chi connectivity index (χ0) is 14.6. The quantitative estimate of drug-likeness (QED) is 0.806. The monoisotopic (exact) mass is 297 g/mol. The molecule has 5 nitrogen and oxygen atoms in total. The third-order valence-corrected chi connectivity index (χ3v) is 3.58. The second kappa shape index (κ2) is 6.28. The molecule has 1 heterocycles. The lowest BCUT2D eigenvalue weighted by molar-refractivity contribution is -0.193. The van der Waals surface area contributed by atoms with Crippen LogP contribution in [0.4, 0.5) is 13.2 Å². The van der Waals surface area contributed by atoms with E-state index in [0.29, 0.717) is 26.1 Å². The minimum atomic E-state index is -4.44. The highest BCUT2D eigenvalue weighted by Crippen LogP contribution is 2.39.